The minimum Gasteiger partial charge on any atom is -0.444 e. The number of hydrogen-bond acceptors (Lipinski definition) is 4. The Labute approximate surface area is 223 Å². The van der Waals surface area contributed by atoms with Crippen LogP contribution in [0, 0.1) is 12.3 Å². The van der Waals surface area contributed by atoms with Gasteiger partial charge in [-0.25, -0.2) is 4.79 Å². The standard InChI is InChI=1S/C31H33N3O4/c1-5-21-11-8-9-16-26(21)28(29(36)33-24-18-17-22-12-6-7-13-23(22)19-24)34(25-14-10-15-25)27(35)20-32-30(37)38-31(2,3)4/h1,6-9,11-13,16-19,25,28H,10,14-15,20H2,2-4H3,(H,32,37)(H,33,36). The van der Waals surface area contributed by atoms with E-state index in [2.05, 4.69) is 16.6 Å². The third-order valence-electron chi connectivity index (χ3n) is 6.49. The first kappa shape index (κ1) is 26.7. The van der Waals surface area contributed by atoms with Crippen molar-refractivity contribution in [2.75, 3.05) is 11.9 Å². The number of hydrogen-bond donors (Lipinski definition) is 2. The van der Waals surface area contributed by atoms with Crippen LogP contribution in [0.1, 0.15) is 57.2 Å². The quantitative estimate of drug-likeness (QED) is 0.416. The van der Waals surface area contributed by atoms with Crippen molar-refractivity contribution in [2.24, 2.45) is 0 Å². The van der Waals surface area contributed by atoms with E-state index in [4.69, 9.17) is 11.2 Å². The minimum atomic E-state index is -0.980. The lowest BCUT2D eigenvalue weighted by molar-refractivity contribution is -0.143. The van der Waals surface area contributed by atoms with Crippen molar-refractivity contribution in [3.05, 3.63) is 77.9 Å². The first-order valence-corrected chi connectivity index (χ1v) is 12.8. The van der Waals surface area contributed by atoms with E-state index in [1.807, 2.05) is 42.5 Å². The number of carbonyl (C=O) groups excluding carboxylic acids is 3. The van der Waals surface area contributed by atoms with Crippen molar-refractivity contribution in [2.45, 2.75) is 57.7 Å². The molecule has 4 rings (SSSR count). The van der Waals surface area contributed by atoms with Gasteiger partial charge in [-0.2, -0.15) is 0 Å². The van der Waals surface area contributed by atoms with Crippen LogP contribution in [0.25, 0.3) is 10.8 Å². The molecule has 0 bridgehead atoms. The first-order valence-electron chi connectivity index (χ1n) is 12.8. The number of amides is 3. The molecule has 1 atom stereocenters. The summed E-state index contributed by atoms with van der Waals surface area (Å²) in [6.45, 7) is 4.94. The van der Waals surface area contributed by atoms with Crippen molar-refractivity contribution in [1.29, 1.82) is 0 Å². The van der Waals surface area contributed by atoms with Crippen molar-refractivity contribution < 1.29 is 19.1 Å². The predicted molar refractivity (Wildman–Crippen MR) is 148 cm³/mol. The van der Waals surface area contributed by atoms with Crippen LogP contribution in [-0.4, -0.2) is 41.0 Å². The summed E-state index contributed by atoms with van der Waals surface area (Å²) in [5, 5.41) is 7.59. The molecule has 0 saturated heterocycles. The molecular formula is C31H33N3O4. The van der Waals surface area contributed by atoms with Gasteiger partial charge in [0.05, 0.1) is 0 Å². The molecule has 0 heterocycles. The van der Waals surface area contributed by atoms with Crippen molar-refractivity contribution in [3.63, 3.8) is 0 Å². The second kappa shape index (κ2) is 11.4. The van der Waals surface area contributed by atoms with Gasteiger partial charge in [0.2, 0.25) is 5.91 Å². The summed E-state index contributed by atoms with van der Waals surface area (Å²) in [6, 6.07) is 19.6. The molecule has 1 aliphatic rings. The van der Waals surface area contributed by atoms with E-state index in [-0.39, 0.29) is 24.4 Å². The number of anilines is 1. The molecule has 3 aromatic carbocycles. The molecule has 196 valence electrons. The zero-order chi connectivity index (χ0) is 27.3. The summed E-state index contributed by atoms with van der Waals surface area (Å²) in [7, 11) is 0. The van der Waals surface area contributed by atoms with Crippen molar-refractivity contribution in [1.82, 2.24) is 10.2 Å². The summed E-state index contributed by atoms with van der Waals surface area (Å²) in [6.07, 6.45) is 7.58. The lowest BCUT2D eigenvalue weighted by Gasteiger charge is -2.42. The number of terminal acetylenes is 1. The highest BCUT2D eigenvalue weighted by atomic mass is 16.6. The number of fused-ring (bicyclic) bond motifs is 1. The normalized spacial score (nSPS) is 14.1. The molecular weight excluding hydrogens is 478 g/mol. The van der Waals surface area contributed by atoms with Gasteiger partial charge < -0.3 is 20.3 Å². The van der Waals surface area contributed by atoms with E-state index in [0.717, 1.165) is 30.0 Å². The second-order valence-corrected chi connectivity index (χ2v) is 10.4. The molecule has 2 N–H and O–H groups in total. The lowest BCUT2D eigenvalue weighted by atomic mass is 9.87. The van der Waals surface area contributed by atoms with Crippen LogP contribution in [-0.2, 0) is 14.3 Å². The molecule has 3 aromatic rings. The fourth-order valence-corrected chi connectivity index (χ4v) is 4.54. The highest BCUT2D eigenvalue weighted by molar-refractivity contribution is 6.00. The number of carbonyl (C=O) groups is 3. The Morgan fingerprint density at radius 1 is 1.03 bits per heavy atom. The third kappa shape index (κ3) is 6.33. The summed E-state index contributed by atoms with van der Waals surface area (Å²) >= 11 is 0. The first-order chi connectivity index (χ1) is 18.2. The van der Waals surface area contributed by atoms with Gasteiger partial charge in [-0.05, 0) is 74.6 Å². The lowest BCUT2D eigenvalue weighted by Crippen LogP contribution is -2.53. The predicted octanol–water partition coefficient (Wildman–Crippen LogP) is 5.41. The maximum absolute atomic E-state index is 13.9. The molecule has 1 saturated carbocycles. The summed E-state index contributed by atoms with van der Waals surface area (Å²) in [4.78, 5) is 41.4. The van der Waals surface area contributed by atoms with Crippen LogP contribution < -0.4 is 10.6 Å². The van der Waals surface area contributed by atoms with Gasteiger partial charge in [0.25, 0.3) is 5.91 Å². The Morgan fingerprint density at radius 2 is 1.71 bits per heavy atom. The van der Waals surface area contributed by atoms with E-state index in [1.54, 1.807) is 49.9 Å². The molecule has 3 amide bonds. The molecule has 7 nitrogen and oxygen atoms in total. The molecule has 7 heteroatoms. The second-order valence-electron chi connectivity index (χ2n) is 10.4. The van der Waals surface area contributed by atoms with Crippen LogP contribution in [0.5, 0.6) is 0 Å². The molecule has 0 aliphatic heterocycles. The zero-order valence-electron chi connectivity index (χ0n) is 22.0. The third-order valence-corrected chi connectivity index (χ3v) is 6.49. The Kier molecular flexibility index (Phi) is 8.02. The van der Waals surface area contributed by atoms with Gasteiger partial charge in [0.1, 0.15) is 18.2 Å². The van der Waals surface area contributed by atoms with Gasteiger partial charge in [-0.1, -0.05) is 54.5 Å². The number of rotatable bonds is 7. The molecule has 0 aromatic heterocycles. The number of benzene rings is 3. The number of alkyl carbamates (subject to hydrolysis) is 1. The maximum Gasteiger partial charge on any atom is 0.408 e. The van der Waals surface area contributed by atoms with Gasteiger partial charge >= 0.3 is 6.09 Å². The van der Waals surface area contributed by atoms with E-state index in [1.165, 1.54) is 0 Å². The van der Waals surface area contributed by atoms with Crippen LogP contribution in [0.4, 0.5) is 10.5 Å². The summed E-state index contributed by atoms with van der Waals surface area (Å²) in [5.41, 5.74) is 1.01. The smallest absolute Gasteiger partial charge is 0.408 e. The van der Waals surface area contributed by atoms with Gasteiger partial charge in [-0.15, -0.1) is 6.42 Å². The van der Waals surface area contributed by atoms with Gasteiger partial charge in [-0.3, -0.25) is 9.59 Å². The van der Waals surface area contributed by atoms with Crippen molar-refractivity contribution >= 4 is 34.4 Å². The van der Waals surface area contributed by atoms with E-state index in [0.29, 0.717) is 16.8 Å². The number of nitrogens with one attached hydrogen (secondary N) is 2. The van der Waals surface area contributed by atoms with Crippen molar-refractivity contribution in [3.8, 4) is 12.3 Å². The van der Waals surface area contributed by atoms with Gasteiger partial charge in [0, 0.05) is 17.3 Å². The highest BCUT2D eigenvalue weighted by Gasteiger charge is 2.39. The Balaban J connectivity index is 1.66. The fourth-order valence-electron chi connectivity index (χ4n) is 4.54. The maximum atomic E-state index is 13.9. The molecule has 1 fully saturated rings. The number of ether oxygens (including phenoxy) is 1. The van der Waals surface area contributed by atoms with E-state index in [9.17, 15) is 14.4 Å². The SMILES string of the molecule is C#Cc1ccccc1C(C(=O)Nc1ccc2ccccc2c1)N(C(=O)CNC(=O)OC(C)(C)C)C1CCC1. The Morgan fingerprint density at radius 3 is 2.37 bits per heavy atom. The minimum absolute atomic E-state index is 0.152. The zero-order valence-corrected chi connectivity index (χ0v) is 22.0. The highest BCUT2D eigenvalue weighted by Crippen LogP contribution is 2.35. The summed E-state index contributed by atoms with van der Waals surface area (Å²) < 4.78 is 5.29. The van der Waals surface area contributed by atoms with Crippen LogP contribution >= 0.6 is 0 Å². The van der Waals surface area contributed by atoms with E-state index >= 15 is 0 Å². The molecule has 1 aliphatic carbocycles. The molecule has 0 radical (unpaired) electrons. The van der Waals surface area contributed by atoms with E-state index < -0.39 is 17.7 Å². The fraction of sp³-hybridized carbons (Fsp3) is 0.323. The topological polar surface area (TPSA) is 87.7 Å². The van der Waals surface area contributed by atoms with Crippen LogP contribution in [0.15, 0.2) is 66.7 Å². The average Bonchev–Trinajstić information content (AvgIpc) is 2.85. The Bertz CT molecular complexity index is 1380. The number of nitrogens with zero attached hydrogens (tertiary/aromatic N) is 1. The van der Waals surface area contributed by atoms with Gasteiger partial charge in [0.15, 0.2) is 0 Å². The monoisotopic (exact) mass is 511 g/mol. The largest absolute Gasteiger partial charge is 0.444 e. The average molecular weight is 512 g/mol. The molecule has 0 spiro atoms. The van der Waals surface area contributed by atoms with Crippen LogP contribution in [0.3, 0.4) is 0 Å². The Hall–Kier alpha value is -4.31. The summed E-state index contributed by atoms with van der Waals surface area (Å²) in [5.74, 6) is 1.90. The molecule has 1 unspecified atom stereocenters. The molecule has 38 heavy (non-hydrogen) atoms. The van der Waals surface area contributed by atoms with Crippen LogP contribution in [0.2, 0.25) is 0 Å².